The zero-order chi connectivity index (χ0) is 10.7. The zero-order valence-electron chi connectivity index (χ0n) is 8.41. The Morgan fingerprint density at radius 1 is 1.73 bits per heavy atom. The first-order chi connectivity index (χ1) is 7.31. The first kappa shape index (κ1) is 11.5. The van der Waals surface area contributed by atoms with E-state index in [1.54, 1.807) is 11.3 Å². The van der Waals surface area contributed by atoms with Crippen molar-refractivity contribution in [3.63, 3.8) is 0 Å². The Bertz CT molecular complexity index is 312. The van der Waals surface area contributed by atoms with Gasteiger partial charge >= 0.3 is 0 Å². The minimum absolute atomic E-state index is 0.322. The van der Waals surface area contributed by atoms with Crippen molar-refractivity contribution in [3.8, 4) is 0 Å². The maximum absolute atomic E-state index is 5.60. The number of nitrogens with two attached hydrogens (primary N) is 1. The third kappa shape index (κ3) is 2.79. The van der Waals surface area contributed by atoms with Crippen LogP contribution in [0.25, 0.3) is 0 Å². The fourth-order valence-corrected chi connectivity index (χ4v) is 3.48. The van der Waals surface area contributed by atoms with Gasteiger partial charge in [0.2, 0.25) is 0 Å². The van der Waals surface area contributed by atoms with Crippen molar-refractivity contribution in [2.75, 3.05) is 13.2 Å². The lowest BCUT2D eigenvalue weighted by Crippen LogP contribution is -2.42. The van der Waals surface area contributed by atoms with Crippen LogP contribution in [0.2, 0.25) is 0 Å². The summed E-state index contributed by atoms with van der Waals surface area (Å²) < 4.78 is 6.57. The molecule has 3 nitrogen and oxygen atoms in total. The zero-order valence-corrected chi connectivity index (χ0v) is 10.8. The summed E-state index contributed by atoms with van der Waals surface area (Å²) in [4.78, 5) is 1.35. The van der Waals surface area contributed by atoms with Crippen LogP contribution in [0.15, 0.2) is 15.9 Å². The Balaban J connectivity index is 1.98. The Kier molecular flexibility index (Phi) is 4.16. The number of nitrogens with one attached hydrogen (secondary N) is 1. The van der Waals surface area contributed by atoms with E-state index in [2.05, 4.69) is 32.8 Å². The Hall–Kier alpha value is 0.0600. The van der Waals surface area contributed by atoms with Crippen LogP contribution in [0.3, 0.4) is 0 Å². The van der Waals surface area contributed by atoms with Gasteiger partial charge in [-0.15, -0.1) is 11.3 Å². The van der Waals surface area contributed by atoms with Gasteiger partial charge in [-0.25, -0.2) is 0 Å². The van der Waals surface area contributed by atoms with Gasteiger partial charge in [-0.3, -0.25) is 11.3 Å². The highest BCUT2D eigenvalue weighted by molar-refractivity contribution is 9.10. The van der Waals surface area contributed by atoms with E-state index >= 15 is 0 Å². The predicted octanol–water partition coefficient (Wildman–Crippen LogP) is 1.92. The normalized spacial score (nSPS) is 23.2. The molecule has 0 radical (unpaired) electrons. The van der Waals surface area contributed by atoms with E-state index < -0.39 is 0 Å². The molecular formula is C10H15BrN2OS. The Morgan fingerprint density at radius 3 is 3.13 bits per heavy atom. The summed E-state index contributed by atoms with van der Waals surface area (Å²) in [5, 5.41) is 2.10. The molecule has 0 bridgehead atoms. The quantitative estimate of drug-likeness (QED) is 0.658. The maximum atomic E-state index is 5.60. The first-order valence-corrected chi connectivity index (χ1v) is 6.74. The maximum Gasteiger partial charge on any atom is 0.0510 e. The van der Waals surface area contributed by atoms with E-state index in [1.165, 1.54) is 9.35 Å². The number of rotatable bonds is 4. The third-order valence-electron chi connectivity index (χ3n) is 2.84. The van der Waals surface area contributed by atoms with Gasteiger partial charge in [0, 0.05) is 27.9 Å². The van der Waals surface area contributed by atoms with Gasteiger partial charge in [-0.2, -0.15) is 0 Å². The molecule has 1 saturated heterocycles. The predicted molar refractivity (Wildman–Crippen MR) is 65.8 cm³/mol. The molecule has 1 fully saturated rings. The van der Waals surface area contributed by atoms with Crippen LogP contribution in [-0.2, 0) is 11.2 Å². The van der Waals surface area contributed by atoms with Crippen molar-refractivity contribution < 1.29 is 4.74 Å². The van der Waals surface area contributed by atoms with Gasteiger partial charge in [0.25, 0.3) is 0 Å². The van der Waals surface area contributed by atoms with Gasteiger partial charge in [0.05, 0.1) is 6.61 Å². The molecule has 0 amide bonds. The monoisotopic (exact) mass is 290 g/mol. The van der Waals surface area contributed by atoms with Gasteiger partial charge in [-0.05, 0) is 40.2 Å². The average molecular weight is 291 g/mol. The molecule has 0 spiro atoms. The second-order valence-electron chi connectivity index (χ2n) is 3.79. The van der Waals surface area contributed by atoms with E-state index in [0.717, 1.165) is 26.1 Å². The summed E-state index contributed by atoms with van der Waals surface area (Å²) in [5.41, 5.74) is 2.92. The molecule has 1 aromatic rings. The number of hydrazine groups is 1. The molecule has 1 aliphatic rings. The summed E-state index contributed by atoms with van der Waals surface area (Å²) in [5.74, 6) is 6.15. The smallest absolute Gasteiger partial charge is 0.0510 e. The van der Waals surface area contributed by atoms with Gasteiger partial charge in [0.15, 0.2) is 0 Å². The van der Waals surface area contributed by atoms with Crippen LogP contribution < -0.4 is 11.3 Å². The van der Waals surface area contributed by atoms with Crippen molar-refractivity contribution in [2.24, 2.45) is 11.8 Å². The van der Waals surface area contributed by atoms with Crippen LogP contribution in [0.5, 0.6) is 0 Å². The number of hydrogen-bond donors (Lipinski definition) is 2. The average Bonchev–Trinajstić information content (AvgIpc) is 2.86. The molecule has 3 N–H and O–H groups in total. The fourth-order valence-electron chi connectivity index (χ4n) is 1.90. The molecular weight excluding hydrogens is 276 g/mol. The molecule has 15 heavy (non-hydrogen) atoms. The van der Waals surface area contributed by atoms with Gasteiger partial charge < -0.3 is 4.74 Å². The Morgan fingerprint density at radius 2 is 2.60 bits per heavy atom. The molecule has 84 valence electrons. The minimum atomic E-state index is 0.322. The molecule has 5 heteroatoms. The minimum Gasteiger partial charge on any atom is -0.381 e. The number of thiophene rings is 1. The molecule has 2 heterocycles. The summed E-state index contributed by atoms with van der Waals surface area (Å²) in [6.45, 7) is 1.70. The standard InChI is InChI=1S/C10H15BrN2OS/c11-8-2-4-15-10(8)5-9(13-12)7-1-3-14-6-7/h2,4,7,9,13H,1,3,5-6,12H2. The summed E-state index contributed by atoms with van der Waals surface area (Å²) in [6, 6.07) is 2.40. The lowest BCUT2D eigenvalue weighted by atomic mass is 9.96. The fraction of sp³-hybridized carbons (Fsp3) is 0.600. The molecule has 2 unspecified atom stereocenters. The number of ether oxygens (including phenoxy) is 1. The highest BCUT2D eigenvalue weighted by Gasteiger charge is 2.25. The Labute approximate surface area is 102 Å². The molecule has 0 aliphatic carbocycles. The molecule has 0 saturated carbocycles. The lowest BCUT2D eigenvalue weighted by molar-refractivity contribution is 0.176. The summed E-state index contributed by atoms with van der Waals surface area (Å²) >= 11 is 5.31. The molecule has 1 aliphatic heterocycles. The number of halogens is 1. The van der Waals surface area contributed by atoms with Crippen molar-refractivity contribution in [1.29, 1.82) is 0 Å². The highest BCUT2D eigenvalue weighted by Crippen LogP contribution is 2.27. The van der Waals surface area contributed by atoms with Gasteiger partial charge in [-0.1, -0.05) is 0 Å². The van der Waals surface area contributed by atoms with Crippen LogP contribution >= 0.6 is 27.3 Å². The highest BCUT2D eigenvalue weighted by atomic mass is 79.9. The SMILES string of the molecule is NNC(Cc1sccc1Br)C1CCOC1. The second kappa shape index (κ2) is 5.41. The van der Waals surface area contributed by atoms with Crippen LogP contribution in [0.1, 0.15) is 11.3 Å². The van der Waals surface area contributed by atoms with E-state index in [-0.39, 0.29) is 0 Å². The van der Waals surface area contributed by atoms with Crippen molar-refractivity contribution >= 4 is 27.3 Å². The molecule has 1 aromatic heterocycles. The third-order valence-corrected chi connectivity index (χ3v) is 4.79. The van der Waals surface area contributed by atoms with E-state index in [9.17, 15) is 0 Å². The van der Waals surface area contributed by atoms with Crippen molar-refractivity contribution in [2.45, 2.75) is 18.9 Å². The number of hydrogen-bond acceptors (Lipinski definition) is 4. The second-order valence-corrected chi connectivity index (χ2v) is 5.65. The van der Waals surface area contributed by atoms with Crippen LogP contribution in [-0.4, -0.2) is 19.3 Å². The summed E-state index contributed by atoms with van der Waals surface area (Å²) in [7, 11) is 0. The topological polar surface area (TPSA) is 47.3 Å². The van der Waals surface area contributed by atoms with Crippen molar-refractivity contribution in [1.82, 2.24) is 5.43 Å². The molecule has 2 rings (SSSR count). The molecule has 2 atom stereocenters. The van der Waals surface area contributed by atoms with E-state index in [4.69, 9.17) is 10.6 Å². The van der Waals surface area contributed by atoms with Crippen LogP contribution in [0.4, 0.5) is 0 Å². The molecule has 0 aromatic carbocycles. The van der Waals surface area contributed by atoms with Gasteiger partial charge in [0.1, 0.15) is 0 Å². The van der Waals surface area contributed by atoms with Crippen molar-refractivity contribution in [3.05, 3.63) is 20.8 Å². The summed E-state index contributed by atoms with van der Waals surface area (Å²) in [6.07, 6.45) is 2.08. The van der Waals surface area contributed by atoms with Crippen LogP contribution in [0, 0.1) is 5.92 Å². The lowest BCUT2D eigenvalue weighted by Gasteiger charge is -2.20. The largest absolute Gasteiger partial charge is 0.381 e. The van der Waals surface area contributed by atoms with E-state index in [1.807, 2.05) is 0 Å². The first-order valence-electron chi connectivity index (χ1n) is 5.07. The van der Waals surface area contributed by atoms with E-state index in [0.29, 0.717) is 12.0 Å².